The fourth-order valence-corrected chi connectivity index (χ4v) is 5.03. The summed E-state index contributed by atoms with van der Waals surface area (Å²) in [5, 5.41) is 12.8. The molecule has 154 valence electrons. The Morgan fingerprint density at radius 2 is 1.93 bits per heavy atom. The second-order valence-electron chi connectivity index (χ2n) is 8.34. The first-order chi connectivity index (χ1) is 14.7. The van der Waals surface area contributed by atoms with E-state index in [1.54, 1.807) is 13.3 Å². The average molecular weight is 402 g/mol. The molecule has 2 heterocycles. The highest BCUT2D eigenvalue weighted by molar-refractivity contribution is 6.05. The van der Waals surface area contributed by atoms with E-state index in [1.165, 1.54) is 5.39 Å². The van der Waals surface area contributed by atoms with Crippen molar-refractivity contribution >= 4 is 16.7 Å². The second-order valence-corrected chi connectivity index (χ2v) is 8.34. The van der Waals surface area contributed by atoms with Crippen LogP contribution in [-0.4, -0.2) is 40.2 Å². The molecule has 2 aromatic carbocycles. The highest BCUT2D eigenvalue weighted by Crippen LogP contribution is 2.37. The minimum atomic E-state index is -0.424. The molecule has 2 atom stereocenters. The number of benzene rings is 2. The molecule has 5 rings (SSSR count). The molecule has 1 amide bonds. The number of aliphatic hydroxyl groups excluding tert-OH is 1. The molecule has 1 saturated carbocycles. The van der Waals surface area contributed by atoms with Crippen LogP contribution in [0.3, 0.4) is 0 Å². The van der Waals surface area contributed by atoms with Gasteiger partial charge in [0.25, 0.3) is 5.91 Å². The molecule has 0 saturated heterocycles. The van der Waals surface area contributed by atoms with Gasteiger partial charge in [-0.15, -0.1) is 0 Å². The van der Waals surface area contributed by atoms with Crippen LogP contribution in [0.4, 0.5) is 0 Å². The van der Waals surface area contributed by atoms with Gasteiger partial charge >= 0.3 is 0 Å². The first kappa shape index (κ1) is 19.1. The standard InChI is InChI=1S/C25H26N2O3/c1-30-24-13-16(10-11-26-24)12-17-14-20-21(19-7-3-2-6-18(17)19)15-27(25(20)29)22-8-4-5-9-23(22)28/h2-3,6-7,10-11,13-14,22-23,28H,4-5,8-9,12,15H2,1H3. The Labute approximate surface area is 176 Å². The van der Waals surface area contributed by atoms with Gasteiger partial charge in [0.2, 0.25) is 5.88 Å². The van der Waals surface area contributed by atoms with Crippen molar-refractivity contribution < 1.29 is 14.6 Å². The van der Waals surface area contributed by atoms with E-state index < -0.39 is 6.10 Å². The van der Waals surface area contributed by atoms with Gasteiger partial charge in [-0.05, 0) is 58.9 Å². The van der Waals surface area contributed by atoms with Crippen LogP contribution in [0.1, 0.15) is 52.7 Å². The number of ether oxygens (including phenoxy) is 1. The Bertz CT molecular complexity index is 1110. The predicted octanol–water partition coefficient (Wildman–Crippen LogP) is 4.09. The van der Waals surface area contributed by atoms with Crippen molar-refractivity contribution in [3.05, 3.63) is 70.9 Å². The van der Waals surface area contributed by atoms with Crippen LogP contribution in [0, 0.1) is 0 Å². The fraction of sp³-hybridized carbons (Fsp3) is 0.360. The normalized spacial score (nSPS) is 21.1. The maximum absolute atomic E-state index is 13.4. The third-order valence-corrected chi connectivity index (χ3v) is 6.56. The summed E-state index contributed by atoms with van der Waals surface area (Å²) in [6, 6.07) is 14.2. The molecule has 0 bridgehead atoms. The van der Waals surface area contributed by atoms with Crippen LogP contribution in [0.2, 0.25) is 0 Å². The van der Waals surface area contributed by atoms with Crippen LogP contribution in [0.5, 0.6) is 5.88 Å². The number of methoxy groups -OCH3 is 1. The van der Waals surface area contributed by atoms with Gasteiger partial charge in [-0.1, -0.05) is 37.1 Å². The van der Waals surface area contributed by atoms with Gasteiger partial charge in [-0.2, -0.15) is 0 Å². The van der Waals surface area contributed by atoms with Crippen molar-refractivity contribution in [2.24, 2.45) is 0 Å². The van der Waals surface area contributed by atoms with E-state index in [0.717, 1.165) is 53.3 Å². The number of carbonyl (C=O) groups is 1. The minimum absolute atomic E-state index is 0.0512. The summed E-state index contributed by atoms with van der Waals surface area (Å²) in [5.41, 5.74) is 4.08. The largest absolute Gasteiger partial charge is 0.481 e. The number of nitrogens with zero attached hydrogens (tertiary/aromatic N) is 2. The van der Waals surface area contributed by atoms with E-state index in [2.05, 4.69) is 23.2 Å². The van der Waals surface area contributed by atoms with E-state index in [0.29, 0.717) is 18.8 Å². The Morgan fingerprint density at radius 3 is 2.73 bits per heavy atom. The summed E-state index contributed by atoms with van der Waals surface area (Å²) in [6.07, 6.45) is 5.79. The molecule has 2 unspecified atom stereocenters. The van der Waals surface area contributed by atoms with Crippen molar-refractivity contribution in [2.45, 2.75) is 50.8 Å². The summed E-state index contributed by atoms with van der Waals surface area (Å²) >= 11 is 0. The molecular formula is C25H26N2O3. The van der Waals surface area contributed by atoms with Crippen molar-refractivity contribution in [1.82, 2.24) is 9.88 Å². The number of pyridine rings is 1. The van der Waals surface area contributed by atoms with Gasteiger partial charge in [0.1, 0.15) is 0 Å². The lowest BCUT2D eigenvalue weighted by Crippen LogP contribution is -2.45. The lowest BCUT2D eigenvalue weighted by molar-refractivity contribution is 0.0192. The number of fused-ring (bicyclic) bond motifs is 3. The third-order valence-electron chi connectivity index (χ3n) is 6.56. The molecule has 1 aromatic heterocycles. The number of rotatable bonds is 4. The number of amides is 1. The minimum Gasteiger partial charge on any atom is -0.481 e. The van der Waals surface area contributed by atoms with E-state index >= 15 is 0 Å². The SMILES string of the molecule is COc1cc(Cc2cc3c(c4ccccc24)CN(C2CCCCC2O)C3=O)ccn1. The highest BCUT2D eigenvalue weighted by atomic mass is 16.5. The highest BCUT2D eigenvalue weighted by Gasteiger charge is 2.38. The quantitative estimate of drug-likeness (QED) is 0.714. The molecule has 2 aliphatic rings. The first-order valence-electron chi connectivity index (χ1n) is 10.7. The zero-order chi connectivity index (χ0) is 20.7. The van der Waals surface area contributed by atoms with Gasteiger partial charge in [0.05, 0.1) is 19.3 Å². The number of carbonyl (C=O) groups excluding carboxylic acids is 1. The monoisotopic (exact) mass is 402 g/mol. The summed E-state index contributed by atoms with van der Waals surface area (Å²) in [7, 11) is 1.61. The maximum atomic E-state index is 13.4. The molecular weight excluding hydrogens is 376 g/mol. The van der Waals surface area contributed by atoms with E-state index in [-0.39, 0.29) is 11.9 Å². The topological polar surface area (TPSA) is 62.7 Å². The van der Waals surface area contributed by atoms with Crippen LogP contribution >= 0.6 is 0 Å². The lowest BCUT2D eigenvalue weighted by atomic mass is 9.91. The van der Waals surface area contributed by atoms with Gasteiger partial charge in [0.15, 0.2) is 0 Å². The van der Waals surface area contributed by atoms with Crippen molar-refractivity contribution in [2.75, 3.05) is 7.11 Å². The van der Waals surface area contributed by atoms with Gasteiger partial charge in [-0.3, -0.25) is 4.79 Å². The molecule has 5 nitrogen and oxygen atoms in total. The summed E-state index contributed by atoms with van der Waals surface area (Å²) in [4.78, 5) is 19.5. The van der Waals surface area contributed by atoms with E-state index in [1.807, 2.05) is 29.2 Å². The molecule has 5 heteroatoms. The molecule has 3 aromatic rings. The van der Waals surface area contributed by atoms with Crippen LogP contribution in [0.25, 0.3) is 10.8 Å². The molecule has 1 aliphatic carbocycles. The lowest BCUT2D eigenvalue weighted by Gasteiger charge is -2.35. The Hall–Kier alpha value is -2.92. The van der Waals surface area contributed by atoms with Gasteiger partial charge in [-0.25, -0.2) is 4.98 Å². The Balaban J connectivity index is 1.56. The van der Waals surface area contributed by atoms with Crippen molar-refractivity contribution in [3.8, 4) is 5.88 Å². The Kier molecular flexibility index (Phi) is 4.91. The first-order valence-corrected chi connectivity index (χ1v) is 10.7. The Morgan fingerprint density at radius 1 is 1.13 bits per heavy atom. The van der Waals surface area contributed by atoms with Gasteiger partial charge in [0, 0.05) is 24.4 Å². The van der Waals surface area contributed by atoms with Crippen molar-refractivity contribution in [1.29, 1.82) is 0 Å². The molecule has 0 spiro atoms. The van der Waals surface area contributed by atoms with E-state index in [4.69, 9.17) is 4.74 Å². The van der Waals surface area contributed by atoms with Crippen molar-refractivity contribution in [3.63, 3.8) is 0 Å². The molecule has 0 radical (unpaired) electrons. The van der Waals surface area contributed by atoms with E-state index in [9.17, 15) is 9.90 Å². The smallest absolute Gasteiger partial charge is 0.254 e. The zero-order valence-corrected chi connectivity index (χ0v) is 17.2. The third kappa shape index (κ3) is 3.23. The molecule has 1 fully saturated rings. The number of hydrogen-bond donors (Lipinski definition) is 1. The predicted molar refractivity (Wildman–Crippen MR) is 116 cm³/mol. The molecule has 1 N–H and O–H groups in total. The summed E-state index contributed by atoms with van der Waals surface area (Å²) < 4.78 is 5.27. The number of aromatic nitrogens is 1. The number of hydrogen-bond acceptors (Lipinski definition) is 4. The second kappa shape index (κ2) is 7.73. The summed E-state index contributed by atoms with van der Waals surface area (Å²) in [6.45, 7) is 0.583. The molecule has 1 aliphatic heterocycles. The molecule has 30 heavy (non-hydrogen) atoms. The van der Waals surface area contributed by atoms with Crippen LogP contribution in [0.15, 0.2) is 48.7 Å². The zero-order valence-electron chi connectivity index (χ0n) is 17.2. The fourth-order valence-electron chi connectivity index (χ4n) is 5.03. The average Bonchev–Trinajstić information content (AvgIpc) is 3.11. The summed E-state index contributed by atoms with van der Waals surface area (Å²) in [5.74, 6) is 0.641. The van der Waals surface area contributed by atoms with Crippen LogP contribution in [-0.2, 0) is 13.0 Å². The van der Waals surface area contributed by atoms with Crippen LogP contribution < -0.4 is 4.74 Å². The number of aliphatic hydroxyl groups is 1. The maximum Gasteiger partial charge on any atom is 0.254 e. The van der Waals surface area contributed by atoms with Gasteiger partial charge < -0.3 is 14.7 Å².